The molecule has 1 amide bonds. The van der Waals surface area contributed by atoms with Crippen LogP contribution in [0, 0.1) is 17.1 Å². The number of β-amino-alcohol motifs (C(OH)–C–C–N with tert-alkyl or cyclic N) is 1. The zero-order valence-corrected chi connectivity index (χ0v) is 28.0. The van der Waals surface area contributed by atoms with Crippen LogP contribution >= 0.6 is 23.7 Å². The number of fused-ring (bicyclic) bond motifs is 1. The number of thiazole rings is 1. The van der Waals surface area contributed by atoms with E-state index in [4.69, 9.17) is 9.97 Å². The molecule has 6 heterocycles. The number of nitrogens with zero attached hydrogens (tertiary/aromatic N) is 9. The Balaban J connectivity index is 0.00000401. The summed E-state index contributed by atoms with van der Waals surface area (Å²) in [4.78, 5) is 38.1. The first-order chi connectivity index (χ1) is 22.8. The van der Waals surface area contributed by atoms with Crippen LogP contribution in [0.3, 0.4) is 0 Å². The number of rotatable bonds is 7. The monoisotopic (exact) mass is 688 g/mol. The number of aryl methyl sites for hydroxylation is 1. The highest BCUT2D eigenvalue weighted by Gasteiger charge is 2.33. The van der Waals surface area contributed by atoms with E-state index in [1.807, 2.05) is 46.5 Å². The molecule has 15 heteroatoms. The molecule has 2 atom stereocenters. The summed E-state index contributed by atoms with van der Waals surface area (Å²) in [7, 11) is 1.91. The molecule has 2 N–H and O–H groups in total. The average molecular weight is 689 g/mol. The van der Waals surface area contributed by atoms with E-state index in [2.05, 4.69) is 26.3 Å². The van der Waals surface area contributed by atoms with Gasteiger partial charge in [-0.3, -0.25) is 9.20 Å². The van der Waals surface area contributed by atoms with Crippen LogP contribution in [-0.2, 0) is 11.2 Å². The average Bonchev–Trinajstić information content (AvgIpc) is 3.84. The Kier molecular flexibility index (Phi) is 9.56. The van der Waals surface area contributed by atoms with Gasteiger partial charge in [-0.15, -0.1) is 12.4 Å². The maximum Gasteiger partial charge on any atom is 0.239 e. The molecule has 12 nitrogen and oxygen atoms in total. The number of aliphatic hydroxyl groups excluding tert-OH is 1. The van der Waals surface area contributed by atoms with Crippen molar-refractivity contribution >= 4 is 52.2 Å². The van der Waals surface area contributed by atoms with Crippen LogP contribution < -0.4 is 15.1 Å². The predicted molar refractivity (Wildman–Crippen MR) is 184 cm³/mol. The maximum absolute atomic E-state index is 13.6. The molecule has 2 saturated heterocycles. The molecule has 2 aliphatic rings. The summed E-state index contributed by atoms with van der Waals surface area (Å²) >= 11 is 1.28. The van der Waals surface area contributed by atoms with Gasteiger partial charge in [-0.2, -0.15) is 5.26 Å². The lowest BCUT2D eigenvalue weighted by Gasteiger charge is -2.35. The van der Waals surface area contributed by atoms with E-state index >= 15 is 0 Å². The van der Waals surface area contributed by atoms with E-state index < -0.39 is 6.10 Å². The molecule has 2 fully saturated rings. The van der Waals surface area contributed by atoms with Crippen molar-refractivity contribution in [2.75, 3.05) is 49.6 Å². The number of pyridine rings is 1. The second-order valence-electron chi connectivity index (χ2n) is 11.7. The van der Waals surface area contributed by atoms with Crippen LogP contribution in [0.15, 0.2) is 55.0 Å². The number of nitrogens with one attached hydrogen (secondary N) is 1. The topological polar surface area (TPSA) is 139 Å². The van der Waals surface area contributed by atoms with Crippen molar-refractivity contribution in [1.29, 1.82) is 5.26 Å². The molecular formula is C33H34ClFN10O2S. The summed E-state index contributed by atoms with van der Waals surface area (Å²) in [5.74, 6) is 1.14. The van der Waals surface area contributed by atoms with E-state index in [0.29, 0.717) is 72.8 Å². The molecule has 0 radical (unpaired) electrons. The largest absolute Gasteiger partial charge is 0.392 e. The molecule has 48 heavy (non-hydrogen) atoms. The number of carbonyl (C=O) groups is 1. The fourth-order valence-corrected chi connectivity index (χ4v) is 7.00. The number of benzene rings is 1. The van der Waals surface area contributed by atoms with E-state index in [0.717, 1.165) is 28.3 Å². The van der Waals surface area contributed by atoms with Gasteiger partial charge in [0.05, 0.1) is 17.8 Å². The second-order valence-corrected chi connectivity index (χ2v) is 12.6. The zero-order valence-electron chi connectivity index (χ0n) is 26.4. The molecule has 1 aromatic carbocycles. The first kappa shape index (κ1) is 33.2. The summed E-state index contributed by atoms with van der Waals surface area (Å²) in [5, 5.41) is 23.3. The number of hydrogen-bond acceptors (Lipinski definition) is 11. The minimum absolute atomic E-state index is 0. The van der Waals surface area contributed by atoms with Crippen molar-refractivity contribution in [1.82, 2.24) is 34.6 Å². The standard InChI is InChI=1S/C33H33FN10O2S.ClH/c1-3-25-30(41(2)33-40-29(27(15-35)47-33)20-4-7-23(34)8-5-20)44-19-21(6-9-28(44)39-25)22-16-37-32(38-17-22)43-12-10-42(11-13-43)31(46)26-14-24(45)18-36-26;/h4-9,16-17,19,24,26,36,45H,3,10-14,18H2,1-2H3;1H/t24-,26+;/m1./s1. The fourth-order valence-electron chi connectivity index (χ4n) is 6.15. The van der Waals surface area contributed by atoms with Gasteiger partial charge in [-0.1, -0.05) is 18.3 Å². The lowest BCUT2D eigenvalue weighted by atomic mass is 10.1. The maximum atomic E-state index is 13.6. The summed E-state index contributed by atoms with van der Waals surface area (Å²) in [5.41, 5.74) is 4.60. The molecule has 0 saturated carbocycles. The molecule has 248 valence electrons. The van der Waals surface area contributed by atoms with Gasteiger partial charge in [0.2, 0.25) is 11.9 Å². The Labute approximate surface area is 286 Å². The molecule has 0 aliphatic carbocycles. The number of anilines is 3. The van der Waals surface area contributed by atoms with Crippen LogP contribution in [0.4, 0.5) is 21.3 Å². The number of carbonyl (C=O) groups excluding carboxylic acids is 1. The van der Waals surface area contributed by atoms with Crippen LogP contribution in [0.1, 0.15) is 23.9 Å². The Hall–Kier alpha value is -4.68. The highest BCUT2D eigenvalue weighted by Crippen LogP contribution is 2.37. The van der Waals surface area contributed by atoms with Crippen molar-refractivity contribution in [3.8, 4) is 28.5 Å². The summed E-state index contributed by atoms with van der Waals surface area (Å²) in [6.45, 7) is 4.91. The number of halogens is 2. The first-order valence-corrected chi connectivity index (χ1v) is 16.3. The fraction of sp³-hybridized carbons (Fsp3) is 0.333. The molecule has 2 aliphatic heterocycles. The van der Waals surface area contributed by atoms with Gasteiger partial charge >= 0.3 is 0 Å². The van der Waals surface area contributed by atoms with E-state index in [9.17, 15) is 19.6 Å². The third kappa shape index (κ3) is 6.29. The normalized spacial score (nSPS) is 17.7. The van der Waals surface area contributed by atoms with Crippen molar-refractivity contribution in [3.05, 3.63) is 71.4 Å². The number of amides is 1. The van der Waals surface area contributed by atoms with Gasteiger partial charge in [0.15, 0.2) is 5.13 Å². The molecule has 7 rings (SSSR count). The number of piperazine rings is 1. The minimum Gasteiger partial charge on any atom is -0.392 e. The highest BCUT2D eigenvalue weighted by molar-refractivity contribution is 7.16. The quantitative estimate of drug-likeness (QED) is 0.258. The zero-order chi connectivity index (χ0) is 32.7. The van der Waals surface area contributed by atoms with Crippen LogP contribution in [0.2, 0.25) is 0 Å². The molecular weight excluding hydrogens is 655 g/mol. The molecule has 0 unspecified atom stereocenters. The smallest absolute Gasteiger partial charge is 0.239 e. The van der Waals surface area contributed by atoms with Gasteiger partial charge in [-0.05, 0) is 49.2 Å². The summed E-state index contributed by atoms with van der Waals surface area (Å²) < 4.78 is 15.6. The highest BCUT2D eigenvalue weighted by atomic mass is 35.5. The van der Waals surface area contributed by atoms with Crippen molar-refractivity contribution < 1.29 is 14.3 Å². The van der Waals surface area contributed by atoms with Gasteiger partial charge in [0, 0.05) is 75.1 Å². The van der Waals surface area contributed by atoms with E-state index in [-0.39, 0.29) is 30.2 Å². The number of aromatic nitrogens is 5. The van der Waals surface area contributed by atoms with Crippen LogP contribution in [-0.4, -0.2) is 92.2 Å². The first-order valence-electron chi connectivity index (χ1n) is 15.5. The number of aliphatic hydroxyl groups is 1. The van der Waals surface area contributed by atoms with Crippen molar-refractivity contribution in [2.45, 2.75) is 31.9 Å². The Morgan fingerprint density at radius 3 is 2.44 bits per heavy atom. The van der Waals surface area contributed by atoms with Crippen LogP contribution in [0.5, 0.6) is 0 Å². The summed E-state index contributed by atoms with van der Waals surface area (Å²) in [6, 6.07) is 11.9. The third-order valence-electron chi connectivity index (χ3n) is 8.69. The number of imidazole rings is 1. The number of nitriles is 1. The Bertz CT molecular complexity index is 1970. The molecule has 0 bridgehead atoms. The SMILES string of the molecule is CCc1nc2ccc(-c3cnc(N4CCN(C(=O)[C@@H]5C[C@@H](O)CN5)CC4)nc3)cn2c1N(C)c1nc(-c2ccc(F)cc2)c(C#N)s1.Cl. The second kappa shape index (κ2) is 13.8. The minimum atomic E-state index is -0.467. The third-order valence-corrected chi connectivity index (χ3v) is 9.73. The van der Waals surface area contributed by atoms with Crippen LogP contribution in [0.25, 0.3) is 28.0 Å². The molecule has 4 aromatic heterocycles. The van der Waals surface area contributed by atoms with Crippen molar-refractivity contribution in [2.24, 2.45) is 0 Å². The lowest BCUT2D eigenvalue weighted by Crippen LogP contribution is -2.53. The van der Waals surface area contributed by atoms with Gasteiger partial charge in [0.25, 0.3) is 0 Å². The molecule has 0 spiro atoms. The lowest BCUT2D eigenvalue weighted by molar-refractivity contribution is -0.133. The van der Waals surface area contributed by atoms with E-state index in [1.165, 1.54) is 23.5 Å². The van der Waals surface area contributed by atoms with Gasteiger partial charge < -0.3 is 25.1 Å². The predicted octanol–water partition coefficient (Wildman–Crippen LogP) is 4.05. The molecule has 5 aromatic rings. The van der Waals surface area contributed by atoms with Crippen molar-refractivity contribution in [3.63, 3.8) is 0 Å². The Morgan fingerprint density at radius 2 is 1.79 bits per heavy atom. The van der Waals surface area contributed by atoms with Gasteiger partial charge in [-0.25, -0.2) is 24.3 Å². The van der Waals surface area contributed by atoms with E-state index in [1.54, 1.807) is 24.5 Å². The summed E-state index contributed by atoms with van der Waals surface area (Å²) in [6.07, 6.45) is 6.29. The Morgan fingerprint density at radius 1 is 1.08 bits per heavy atom. The number of hydrogen-bond donors (Lipinski definition) is 2. The van der Waals surface area contributed by atoms with Gasteiger partial charge in [0.1, 0.15) is 33.9 Å².